The summed E-state index contributed by atoms with van der Waals surface area (Å²) in [6, 6.07) is 0. The van der Waals surface area contributed by atoms with Crippen LogP contribution >= 0.6 is 0 Å². The van der Waals surface area contributed by atoms with Crippen LogP contribution in [0.2, 0.25) is 0 Å². The maximum atomic E-state index is 8.96. The van der Waals surface area contributed by atoms with Gasteiger partial charge in [0.15, 0.2) is 12.4 Å². The van der Waals surface area contributed by atoms with Crippen LogP contribution in [0.15, 0.2) is 5.16 Å². The highest BCUT2D eigenvalue weighted by Gasteiger charge is 2.40. The monoisotopic (exact) mass is 163 g/mol. The zero-order valence-corrected chi connectivity index (χ0v) is 5.84. The van der Waals surface area contributed by atoms with Gasteiger partial charge in [-0.1, -0.05) is 5.16 Å². The summed E-state index contributed by atoms with van der Waals surface area (Å²) in [5.41, 5.74) is -0.125. The van der Waals surface area contributed by atoms with E-state index >= 15 is 0 Å². The van der Waals surface area contributed by atoms with Gasteiger partial charge in [-0.25, -0.2) is 0 Å². The molecule has 11 heavy (non-hydrogen) atoms. The molecule has 3 atom stereocenters. The van der Waals surface area contributed by atoms with E-state index in [1.807, 2.05) is 0 Å². The fraction of sp³-hybridized carbons (Fsp3) is 0.800. The van der Waals surface area contributed by atoms with E-state index < -0.39 is 18.7 Å². The normalized spacial score (nSPS) is 41.7. The topological polar surface area (TPSA) is 91.5 Å². The third-order valence-electron chi connectivity index (χ3n) is 1.44. The highest BCUT2D eigenvalue weighted by molar-refractivity contribution is 5.92. The minimum absolute atomic E-state index is 0.125. The lowest BCUT2D eigenvalue weighted by Crippen LogP contribution is -2.29. The molecule has 0 aromatic carbocycles. The van der Waals surface area contributed by atoms with Crippen LogP contribution in [0, 0.1) is 0 Å². The summed E-state index contributed by atoms with van der Waals surface area (Å²) in [7, 11) is 1.31. The van der Waals surface area contributed by atoms with Crippen molar-refractivity contribution in [2.75, 3.05) is 7.11 Å². The molecule has 0 aromatic heterocycles. The Hall–Kier alpha value is -0.690. The molecule has 0 bridgehead atoms. The zero-order valence-electron chi connectivity index (χ0n) is 5.84. The number of hydrogen-bond donors (Lipinski definition) is 3. The predicted molar refractivity (Wildman–Crippen MR) is 33.1 cm³/mol. The molecule has 3 N–H and O–H groups in total. The van der Waals surface area contributed by atoms with Crippen LogP contribution in [0.3, 0.4) is 0 Å². The molecule has 1 aliphatic heterocycles. The van der Waals surface area contributed by atoms with Gasteiger partial charge in [-0.05, 0) is 0 Å². The zero-order chi connectivity index (χ0) is 8.43. The van der Waals surface area contributed by atoms with Crippen molar-refractivity contribution >= 4 is 5.71 Å². The summed E-state index contributed by atoms with van der Waals surface area (Å²) in [6.07, 6.45) is -3.56. The summed E-state index contributed by atoms with van der Waals surface area (Å²) in [4.78, 5) is 0. The molecule has 1 saturated heterocycles. The number of aliphatic hydroxyl groups is 2. The van der Waals surface area contributed by atoms with E-state index in [1.54, 1.807) is 0 Å². The number of rotatable bonds is 1. The lowest BCUT2D eigenvalue weighted by Gasteiger charge is -2.08. The first kappa shape index (κ1) is 8.41. The van der Waals surface area contributed by atoms with Crippen LogP contribution in [0.5, 0.6) is 0 Å². The average molecular weight is 163 g/mol. The Morgan fingerprint density at radius 3 is 2.55 bits per heavy atom. The quantitative estimate of drug-likeness (QED) is 0.323. The van der Waals surface area contributed by atoms with Crippen LogP contribution in [-0.2, 0) is 9.47 Å². The second-order valence-electron chi connectivity index (χ2n) is 2.06. The minimum atomic E-state index is -1.39. The van der Waals surface area contributed by atoms with Crippen molar-refractivity contribution in [3.05, 3.63) is 0 Å². The van der Waals surface area contributed by atoms with E-state index in [4.69, 9.17) is 15.4 Å². The molecular formula is C5H9NO5. The highest BCUT2D eigenvalue weighted by atomic mass is 16.7. The predicted octanol–water partition coefficient (Wildman–Crippen LogP) is -1.50. The molecule has 0 amide bonds. The number of ether oxygens (including phenoxy) is 2. The Bertz CT molecular complexity index is 170. The summed E-state index contributed by atoms with van der Waals surface area (Å²) in [5.74, 6) is 0. The first-order valence-corrected chi connectivity index (χ1v) is 2.97. The molecule has 0 aliphatic carbocycles. The van der Waals surface area contributed by atoms with Crippen molar-refractivity contribution in [2.24, 2.45) is 5.16 Å². The van der Waals surface area contributed by atoms with Crippen LogP contribution in [0.1, 0.15) is 0 Å². The van der Waals surface area contributed by atoms with Gasteiger partial charge in [-0.15, -0.1) is 0 Å². The van der Waals surface area contributed by atoms with Gasteiger partial charge in [0, 0.05) is 7.11 Å². The fourth-order valence-electron chi connectivity index (χ4n) is 0.903. The van der Waals surface area contributed by atoms with Gasteiger partial charge < -0.3 is 24.9 Å². The minimum Gasteiger partial charge on any atom is -0.411 e. The first-order valence-electron chi connectivity index (χ1n) is 2.97. The molecule has 1 heterocycles. The van der Waals surface area contributed by atoms with Crippen molar-refractivity contribution in [3.63, 3.8) is 0 Å². The maximum Gasteiger partial charge on any atom is 0.203 e. The summed E-state index contributed by atoms with van der Waals surface area (Å²) >= 11 is 0. The Morgan fingerprint density at radius 2 is 2.18 bits per heavy atom. The highest BCUT2D eigenvalue weighted by Crippen LogP contribution is 2.16. The van der Waals surface area contributed by atoms with Gasteiger partial charge >= 0.3 is 0 Å². The molecule has 0 spiro atoms. The fourth-order valence-corrected chi connectivity index (χ4v) is 0.903. The third-order valence-corrected chi connectivity index (χ3v) is 1.44. The van der Waals surface area contributed by atoms with Crippen LogP contribution in [0.4, 0.5) is 0 Å². The Balaban J connectivity index is 2.75. The number of oxime groups is 1. The molecule has 6 heteroatoms. The molecule has 64 valence electrons. The van der Waals surface area contributed by atoms with Gasteiger partial charge in [0.05, 0.1) is 0 Å². The SMILES string of the molecule is COC1/C(=N/O)C(O)OC1O. The van der Waals surface area contributed by atoms with Gasteiger partial charge in [0.2, 0.25) is 6.29 Å². The average Bonchev–Trinajstić information content (AvgIpc) is 2.24. The molecule has 1 aliphatic rings. The van der Waals surface area contributed by atoms with Crippen LogP contribution < -0.4 is 0 Å². The van der Waals surface area contributed by atoms with Gasteiger partial charge in [-0.3, -0.25) is 0 Å². The number of nitrogens with zero attached hydrogens (tertiary/aromatic N) is 1. The van der Waals surface area contributed by atoms with E-state index in [1.165, 1.54) is 7.11 Å². The summed E-state index contributed by atoms with van der Waals surface area (Å²) in [5, 5.41) is 28.9. The molecule has 0 aromatic rings. The molecule has 0 saturated carbocycles. The first-order chi connectivity index (χ1) is 5.20. The lowest BCUT2D eigenvalue weighted by molar-refractivity contribution is -0.176. The Labute approximate surface area is 62.7 Å². The van der Waals surface area contributed by atoms with Crippen molar-refractivity contribution in [1.29, 1.82) is 0 Å². The van der Waals surface area contributed by atoms with E-state index in [9.17, 15) is 0 Å². The third kappa shape index (κ3) is 1.33. The van der Waals surface area contributed by atoms with Crippen molar-refractivity contribution in [3.8, 4) is 0 Å². The Kier molecular flexibility index (Phi) is 2.40. The van der Waals surface area contributed by atoms with Gasteiger partial charge in [0.25, 0.3) is 0 Å². The van der Waals surface area contributed by atoms with Gasteiger partial charge in [0.1, 0.15) is 5.71 Å². The summed E-state index contributed by atoms with van der Waals surface area (Å²) in [6.45, 7) is 0. The van der Waals surface area contributed by atoms with Crippen molar-refractivity contribution in [2.45, 2.75) is 18.7 Å². The van der Waals surface area contributed by atoms with Crippen molar-refractivity contribution < 1.29 is 24.9 Å². The largest absolute Gasteiger partial charge is 0.411 e. The number of aliphatic hydroxyl groups excluding tert-OH is 2. The van der Waals surface area contributed by atoms with Crippen LogP contribution in [0.25, 0.3) is 0 Å². The lowest BCUT2D eigenvalue weighted by atomic mass is 10.2. The maximum absolute atomic E-state index is 8.96. The summed E-state index contributed by atoms with van der Waals surface area (Å²) < 4.78 is 9.14. The molecule has 6 nitrogen and oxygen atoms in total. The standard InChI is InChI=1S/C5H9NO5/c1-10-3-2(6-9)4(7)11-5(3)8/h3-5,7-9H,1H3/b6-2-. The second kappa shape index (κ2) is 3.14. The molecule has 3 unspecified atom stereocenters. The van der Waals surface area contributed by atoms with E-state index in [2.05, 4.69) is 14.6 Å². The molecular weight excluding hydrogens is 154 g/mol. The van der Waals surface area contributed by atoms with Crippen molar-refractivity contribution in [1.82, 2.24) is 0 Å². The molecule has 1 rings (SSSR count). The van der Waals surface area contributed by atoms with Gasteiger partial charge in [-0.2, -0.15) is 0 Å². The number of hydrogen-bond acceptors (Lipinski definition) is 6. The molecule has 0 radical (unpaired) electrons. The van der Waals surface area contributed by atoms with E-state index in [0.717, 1.165) is 0 Å². The van der Waals surface area contributed by atoms with E-state index in [-0.39, 0.29) is 5.71 Å². The van der Waals surface area contributed by atoms with Crippen LogP contribution in [-0.4, -0.2) is 46.9 Å². The van der Waals surface area contributed by atoms with E-state index in [0.29, 0.717) is 0 Å². The molecule has 1 fully saturated rings. The second-order valence-corrected chi connectivity index (χ2v) is 2.06. The smallest absolute Gasteiger partial charge is 0.203 e. The number of methoxy groups -OCH3 is 1. The Morgan fingerprint density at radius 1 is 1.55 bits per heavy atom.